The van der Waals surface area contributed by atoms with Gasteiger partial charge in [-0.2, -0.15) is 5.10 Å². The molecule has 1 aromatic carbocycles. The molecule has 1 aromatic heterocycles. The van der Waals surface area contributed by atoms with Gasteiger partial charge in [-0.15, -0.1) is 0 Å². The Hall–Kier alpha value is -2.17. The smallest absolute Gasteiger partial charge is 0.241 e. The third-order valence-corrected chi connectivity index (χ3v) is 4.36. The number of fused-ring (bicyclic) bond motifs is 1. The van der Waals surface area contributed by atoms with Crippen LogP contribution in [0.1, 0.15) is 32.6 Å². The van der Waals surface area contributed by atoms with Crippen molar-refractivity contribution in [2.24, 2.45) is 5.92 Å². The van der Waals surface area contributed by atoms with Crippen molar-refractivity contribution in [3.63, 3.8) is 0 Å². The summed E-state index contributed by atoms with van der Waals surface area (Å²) in [7, 11) is 0. The first-order valence-electron chi connectivity index (χ1n) is 7.87. The lowest BCUT2D eigenvalue weighted by atomic mass is 9.87. The Labute approximate surface area is 129 Å². The monoisotopic (exact) mass is 299 g/mol. The van der Waals surface area contributed by atoms with Gasteiger partial charge >= 0.3 is 0 Å². The van der Waals surface area contributed by atoms with Gasteiger partial charge in [-0.05, 0) is 30.9 Å². The van der Waals surface area contributed by atoms with E-state index in [2.05, 4.69) is 17.3 Å². The molecule has 1 saturated carbocycles. The maximum Gasteiger partial charge on any atom is 0.241 e. The van der Waals surface area contributed by atoms with Crippen molar-refractivity contribution in [2.45, 2.75) is 45.2 Å². The minimum absolute atomic E-state index is 0.0413. The number of carbonyl (C=O) groups is 1. The average Bonchev–Trinajstić information content (AvgIpc) is 2.50. The number of benzene rings is 1. The number of nitrogens with one attached hydrogen (secondary N) is 1. The second-order valence-corrected chi connectivity index (χ2v) is 6.22. The van der Waals surface area contributed by atoms with Crippen LogP contribution in [0.15, 0.2) is 35.3 Å². The van der Waals surface area contributed by atoms with Crippen LogP contribution in [0.2, 0.25) is 0 Å². The summed E-state index contributed by atoms with van der Waals surface area (Å²) < 4.78 is 1.60. The second kappa shape index (κ2) is 6.30. The summed E-state index contributed by atoms with van der Waals surface area (Å²) >= 11 is 0. The van der Waals surface area contributed by atoms with Crippen molar-refractivity contribution in [2.75, 3.05) is 0 Å². The molecule has 22 heavy (non-hydrogen) atoms. The van der Waals surface area contributed by atoms with E-state index in [-0.39, 0.29) is 23.9 Å². The molecular formula is C17H21N3O2. The molecule has 1 heterocycles. The van der Waals surface area contributed by atoms with E-state index in [1.807, 2.05) is 18.2 Å². The fourth-order valence-electron chi connectivity index (χ4n) is 3.26. The zero-order valence-electron chi connectivity index (χ0n) is 12.8. The molecule has 5 heteroatoms. The molecule has 0 radical (unpaired) electrons. The summed E-state index contributed by atoms with van der Waals surface area (Å²) in [6.07, 6.45) is 5.79. The van der Waals surface area contributed by atoms with Gasteiger partial charge in [0.25, 0.3) is 0 Å². The Bertz CT molecular complexity index is 738. The van der Waals surface area contributed by atoms with Gasteiger partial charge in [0.2, 0.25) is 11.3 Å². The van der Waals surface area contributed by atoms with Crippen LogP contribution in [-0.2, 0) is 11.3 Å². The summed E-state index contributed by atoms with van der Waals surface area (Å²) in [5, 5.41) is 7.79. The second-order valence-electron chi connectivity index (χ2n) is 6.22. The summed E-state index contributed by atoms with van der Waals surface area (Å²) in [6.45, 7) is 2.38. The fourth-order valence-corrected chi connectivity index (χ4v) is 3.26. The predicted molar refractivity (Wildman–Crippen MR) is 85.6 cm³/mol. The molecule has 0 spiro atoms. The van der Waals surface area contributed by atoms with Gasteiger partial charge in [-0.25, -0.2) is 0 Å². The standard InChI is InChI=1S/C17H21N3O2/c1-12-5-4-6-13(9-12)19-17(22)11-20-15-8-3-2-7-14(15)16(21)10-18-20/h2-3,7-8,10,12-13H,4-6,9,11H2,1H3,(H,19,22). The Morgan fingerprint density at radius 3 is 3.00 bits per heavy atom. The predicted octanol–water partition coefficient (Wildman–Crippen LogP) is 2.09. The van der Waals surface area contributed by atoms with Crippen LogP contribution in [0.3, 0.4) is 0 Å². The fraction of sp³-hybridized carbons (Fsp3) is 0.471. The van der Waals surface area contributed by atoms with Crippen molar-refractivity contribution in [3.05, 3.63) is 40.7 Å². The molecule has 116 valence electrons. The van der Waals surface area contributed by atoms with E-state index in [4.69, 9.17) is 0 Å². The maximum atomic E-state index is 12.3. The van der Waals surface area contributed by atoms with E-state index < -0.39 is 0 Å². The third-order valence-electron chi connectivity index (χ3n) is 4.36. The van der Waals surface area contributed by atoms with Crippen molar-refractivity contribution in [1.29, 1.82) is 0 Å². The highest BCUT2D eigenvalue weighted by atomic mass is 16.2. The molecule has 2 aromatic rings. The molecule has 1 aliphatic rings. The van der Waals surface area contributed by atoms with Gasteiger partial charge in [0.05, 0.1) is 11.7 Å². The molecule has 5 nitrogen and oxygen atoms in total. The van der Waals surface area contributed by atoms with Crippen LogP contribution in [0.4, 0.5) is 0 Å². The SMILES string of the molecule is CC1CCCC(NC(=O)Cn2ncc(=O)c3ccccc32)C1. The minimum Gasteiger partial charge on any atom is -0.352 e. The average molecular weight is 299 g/mol. The van der Waals surface area contributed by atoms with Crippen LogP contribution in [-0.4, -0.2) is 21.7 Å². The molecule has 0 saturated heterocycles. The van der Waals surface area contributed by atoms with Crippen LogP contribution in [0.25, 0.3) is 10.9 Å². The lowest BCUT2D eigenvalue weighted by molar-refractivity contribution is -0.122. The van der Waals surface area contributed by atoms with Crippen molar-refractivity contribution in [3.8, 4) is 0 Å². The number of aromatic nitrogens is 2. The molecule has 3 rings (SSSR count). The quantitative estimate of drug-likeness (QED) is 0.944. The Morgan fingerprint density at radius 2 is 2.18 bits per heavy atom. The van der Waals surface area contributed by atoms with Gasteiger partial charge in [0.1, 0.15) is 6.54 Å². The summed E-state index contributed by atoms with van der Waals surface area (Å²) in [4.78, 5) is 24.1. The molecule has 1 N–H and O–H groups in total. The highest BCUT2D eigenvalue weighted by Gasteiger charge is 2.20. The van der Waals surface area contributed by atoms with Crippen LogP contribution < -0.4 is 10.7 Å². The summed E-state index contributed by atoms with van der Waals surface area (Å²) in [6, 6.07) is 7.51. The maximum absolute atomic E-state index is 12.3. The van der Waals surface area contributed by atoms with Crippen molar-refractivity contribution < 1.29 is 4.79 Å². The molecule has 2 unspecified atom stereocenters. The molecule has 1 fully saturated rings. The topological polar surface area (TPSA) is 64.0 Å². The first-order chi connectivity index (χ1) is 10.6. The Balaban J connectivity index is 1.74. The first-order valence-corrected chi connectivity index (χ1v) is 7.87. The largest absolute Gasteiger partial charge is 0.352 e. The Kier molecular flexibility index (Phi) is 4.22. The van der Waals surface area contributed by atoms with Gasteiger partial charge in [-0.1, -0.05) is 31.9 Å². The number of rotatable bonds is 3. The van der Waals surface area contributed by atoms with E-state index in [1.54, 1.807) is 10.7 Å². The zero-order chi connectivity index (χ0) is 15.5. The van der Waals surface area contributed by atoms with E-state index in [0.717, 1.165) is 12.8 Å². The van der Waals surface area contributed by atoms with Crippen molar-refractivity contribution in [1.82, 2.24) is 15.1 Å². The van der Waals surface area contributed by atoms with Crippen LogP contribution >= 0.6 is 0 Å². The normalized spacial score (nSPS) is 21.7. The van der Waals surface area contributed by atoms with Crippen LogP contribution in [0, 0.1) is 5.92 Å². The molecular weight excluding hydrogens is 278 g/mol. The zero-order valence-corrected chi connectivity index (χ0v) is 12.8. The van der Waals surface area contributed by atoms with E-state index in [0.29, 0.717) is 16.8 Å². The highest BCUT2D eigenvalue weighted by molar-refractivity contribution is 5.81. The number of nitrogens with zero attached hydrogens (tertiary/aromatic N) is 2. The Morgan fingerprint density at radius 1 is 1.36 bits per heavy atom. The van der Waals surface area contributed by atoms with E-state index in [9.17, 15) is 9.59 Å². The number of para-hydroxylation sites is 1. The molecule has 0 bridgehead atoms. The molecule has 1 aliphatic carbocycles. The number of carbonyl (C=O) groups excluding carboxylic acids is 1. The van der Waals surface area contributed by atoms with Gasteiger partial charge in [-0.3, -0.25) is 14.3 Å². The lowest BCUT2D eigenvalue weighted by Crippen LogP contribution is -2.40. The van der Waals surface area contributed by atoms with Gasteiger partial charge in [0, 0.05) is 11.4 Å². The molecule has 0 aliphatic heterocycles. The third kappa shape index (κ3) is 3.18. The van der Waals surface area contributed by atoms with Crippen LogP contribution in [0.5, 0.6) is 0 Å². The molecule has 2 atom stereocenters. The summed E-state index contributed by atoms with van der Waals surface area (Å²) in [5.41, 5.74) is 0.579. The van der Waals surface area contributed by atoms with E-state index in [1.165, 1.54) is 19.0 Å². The van der Waals surface area contributed by atoms with Gasteiger partial charge in [0.15, 0.2) is 0 Å². The number of hydrogen-bond donors (Lipinski definition) is 1. The molecule has 1 amide bonds. The van der Waals surface area contributed by atoms with Gasteiger partial charge < -0.3 is 5.32 Å². The first kappa shape index (κ1) is 14.8. The minimum atomic E-state index is -0.117. The van der Waals surface area contributed by atoms with Crippen molar-refractivity contribution >= 4 is 16.8 Å². The summed E-state index contributed by atoms with van der Waals surface area (Å²) in [5.74, 6) is 0.630. The van der Waals surface area contributed by atoms with E-state index >= 15 is 0 Å². The highest BCUT2D eigenvalue weighted by Crippen LogP contribution is 2.23. The lowest BCUT2D eigenvalue weighted by Gasteiger charge is -2.27. The number of amides is 1. The number of hydrogen-bond acceptors (Lipinski definition) is 3.